The Labute approximate surface area is 118 Å². The first kappa shape index (κ1) is 14.7. The number of benzene rings is 1. The van der Waals surface area contributed by atoms with Crippen molar-refractivity contribution in [3.63, 3.8) is 0 Å². The SMILES string of the molecule is Cc1c(Cl)cccc1S(=O)(=O)N1CCOC(CN)C1. The van der Waals surface area contributed by atoms with E-state index in [1.165, 1.54) is 4.31 Å². The van der Waals surface area contributed by atoms with Gasteiger partial charge in [0.15, 0.2) is 0 Å². The number of rotatable bonds is 3. The molecule has 5 nitrogen and oxygen atoms in total. The second-order valence-corrected chi connectivity index (χ2v) is 6.77. The van der Waals surface area contributed by atoms with E-state index in [-0.39, 0.29) is 17.5 Å². The number of morpholine rings is 1. The van der Waals surface area contributed by atoms with E-state index in [2.05, 4.69) is 0 Å². The third kappa shape index (κ3) is 2.93. The zero-order valence-electron chi connectivity index (χ0n) is 10.7. The van der Waals surface area contributed by atoms with Crippen molar-refractivity contribution in [2.75, 3.05) is 26.2 Å². The number of halogens is 1. The Morgan fingerprint density at radius 1 is 1.53 bits per heavy atom. The summed E-state index contributed by atoms with van der Waals surface area (Å²) in [6.07, 6.45) is -0.247. The Balaban J connectivity index is 2.34. The van der Waals surface area contributed by atoms with Crippen LogP contribution in [0.25, 0.3) is 0 Å². The molecule has 0 aliphatic carbocycles. The van der Waals surface area contributed by atoms with Crippen molar-refractivity contribution < 1.29 is 13.2 Å². The van der Waals surface area contributed by atoms with Gasteiger partial charge in [0, 0.05) is 24.7 Å². The summed E-state index contributed by atoms with van der Waals surface area (Å²) in [6, 6.07) is 4.89. The standard InChI is InChI=1S/C12H17ClN2O3S/c1-9-11(13)3-2-4-12(9)19(16,17)15-5-6-18-10(7-14)8-15/h2-4,10H,5-8,14H2,1H3. The van der Waals surface area contributed by atoms with Crippen LogP contribution in [0.4, 0.5) is 0 Å². The zero-order valence-corrected chi connectivity index (χ0v) is 12.2. The maximum Gasteiger partial charge on any atom is 0.243 e. The smallest absolute Gasteiger partial charge is 0.243 e. The van der Waals surface area contributed by atoms with Gasteiger partial charge in [-0.15, -0.1) is 0 Å². The minimum atomic E-state index is -3.54. The van der Waals surface area contributed by atoms with E-state index in [0.717, 1.165) is 0 Å². The summed E-state index contributed by atoms with van der Waals surface area (Å²) in [5.74, 6) is 0. The van der Waals surface area contributed by atoms with E-state index >= 15 is 0 Å². The van der Waals surface area contributed by atoms with Gasteiger partial charge in [-0.3, -0.25) is 0 Å². The molecular weight excluding hydrogens is 288 g/mol. The van der Waals surface area contributed by atoms with Crippen LogP contribution in [0.15, 0.2) is 23.1 Å². The van der Waals surface area contributed by atoms with Crippen LogP contribution < -0.4 is 5.73 Å². The molecule has 1 fully saturated rings. The van der Waals surface area contributed by atoms with Gasteiger partial charge in [0.25, 0.3) is 0 Å². The van der Waals surface area contributed by atoms with Gasteiger partial charge in [-0.2, -0.15) is 4.31 Å². The molecule has 1 atom stereocenters. The first-order valence-electron chi connectivity index (χ1n) is 6.03. The summed E-state index contributed by atoms with van der Waals surface area (Å²) in [4.78, 5) is 0.248. The van der Waals surface area contributed by atoms with E-state index in [4.69, 9.17) is 22.1 Å². The third-order valence-corrected chi connectivity index (χ3v) is 5.62. The molecule has 0 radical (unpaired) electrons. The summed E-state index contributed by atoms with van der Waals surface area (Å²) in [6.45, 7) is 2.99. The molecular formula is C12H17ClN2O3S. The highest BCUT2D eigenvalue weighted by Gasteiger charge is 2.31. The van der Waals surface area contributed by atoms with Crippen molar-refractivity contribution in [1.82, 2.24) is 4.31 Å². The largest absolute Gasteiger partial charge is 0.374 e. The van der Waals surface area contributed by atoms with Crippen LogP contribution >= 0.6 is 11.6 Å². The second kappa shape index (κ2) is 5.76. The van der Waals surface area contributed by atoms with Crippen LogP contribution in [0.5, 0.6) is 0 Å². The lowest BCUT2D eigenvalue weighted by atomic mass is 10.2. The number of hydrogen-bond acceptors (Lipinski definition) is 4. The minimum Gasteiger partial charge on any atom is -0.374 e. The molecule has 1 aliphatic heterocycles. The van der Waals surface area contributed by atoms with Gasteiger partial charge in [-0.05, 0) is 24.6 Å². The van der Waals surface area contributed by atoms with Crippen molar-refractivity contribution >= 4 is 21.6 Å². The number of ether oxygens (including phenoxy) is 1. The molecule has 1 unspecified atom stereocenters. The van der Waals surface area contributed by atoms with Gasteiger partial charge in [0.1, 0.15) is 0 Å². The molecule has 2 rings (SSSR count). The molecule has 2 N–H and O–H groups in total. The van der Waals surface area contributed by atoms with Crippen molar-refractivity contribution in [3.8, 4) is 0 Å². The van der Waals surface area contributed by atoms with Crippen molar-refractivity contribution in [2.24, 2.45) is 5.73 Å². The average molecular weight is 305 g/mol. The summed E-state index contributed by atoms with van der Waals surface area (Å²) < 4.78 is 32.0. The van der Waals surface area contributed by atoms with Gasteiger partial charge < -0.3 is 10.5 Å². The Hall–Kier alpha value is -0.660. The van der Waals surface area contributed by atoms with Crippen LogP contribution in [-0.4, -0.2) is 45.1 Å². The summed E-state index contributed by atoms with van der Waals surface area (Å²) in [5, 5.41) is 0.449. The molecule has 1 aromatic carbocycles. The van der Waals surface area contributed by atoms with Gasteiger partial charge in [-0.1, -0.05) is 17.7 Å². The van der Waals surface area contributed by atoms with Gasteiger partial charge in [0.2, 0.25) is 10.0 Å². The van der Waals surface area contributed by atoms with E-state index in [0.29, 0.717) is 30.3 Å². The monoisotopic (exact) mass is 304 g/mol. The molecule has 106 valence electrons. The van der Waals surface area contributed by atoms with Crippen LogP contribution in [0, 0.1) is 6.92 Å². The maximum absolute atomic E-state index is 12.6. The van der Waals surface area contributed by atoms with E-state index < -0.39 is 10.0 Å². The molecule has 0 saturated carbocycles. The van der Waals surface area contributed by atoms with Crippen LogP contribution in [-0.2, 0) is 14.8 Å². The molecule has 7 heteroatoms. The lowest BCUT2D eigenvalue weighted by Crippen LogP contribution is -2.48. The normalized spacial score (nSPS) is 21.5. The first-order valence-corrected chi connectivity index (χ1v) is 7.85. The quantitative estimate of drug-likeness (QED) is 0.904. The number of nitrogens with zero attached hydrogens (tertiary/aromatic N) is 1. The number of hydrogen-bond donors (Lipinski definition) is 1. The first-order chi connectivity index (χ1) is 8.96. The fourth-order valence-corrected chi connectivity index (χ4v) is 3.99. The summed E-state index contributed by atoms with van der Waals surface area (Å²) in [7, 11) is -3.54. The fraction of sp³-hybridized carbons (Fsp3) is 0.500. The van der Waals surface area contributed by atoms with Crippen LogP contribution in [0.3, 0.4) is 0 Å². The van der Waals surface area contributed by atoms with Gasteiger partial charge >= 0.3 is 0 Å². The molecule has 1 saturated heterocycles. The number of sulfonamides is 1. The van der Waals surface area contributed by atoms with Crippen LogP contribution in [0.2, 0.25) is 5.02 Å². The molecule has 1 heterocycles. The summed E-state index contributed by atoms with van der Waals surface area (Å²) in [5.41, 5.74) is 6.10. The molecule has 19 heavy (non-hydrogen) atoms. The molecule has 0 bridgehead atoms. The molecule has 0 aromatic heterocycles. The molecule has 0 spiro atoms. The molecule has 0 amide bonds. The summed E-state index contributed by atoms with van der Waals surface area (Å²) >= 11 is 5.99. The van der Waals surface area contributed by atoms with Crippen molar-refractivity contribution in [3.05, 3.63) is 28.8 Å². The van der Waals surface area contributed by atoms with Crippen LogP contribution in [0.1, 0.15) is 5.56 Å². The lowest BCUT2D eigenvalue weighted by Gasteiger charge is -2.31. The Kier molecular flexibility index (Phi) is 4.47. The van der Waals surface area contributed by atoms with E-state index in [1.807, 2.05) is 0 Å². The maximum atomic E-state index is 12.6. The average Bonchev–Trinajstić information content (AvgIpc) is 2.41. The number of nitrogens with two attached hydrogens (primary N) is 1. The highest BCUT2D eigenvalue weighted by molar-refractivity contribution is 7.89. The Morgan fingerprint density at radius 2 is 2.26 bits per heavy atom. The van der Waals surface area contributed by atoms with Crippen molar-refractivity contribution in [2.45, 2.75) is 17.9 Å². The predicted octanol–water partition coefficient (Wildman–Crippen LogP) is 0.997. The Morgan fingerprint density at radius 3 is 2.95 bits per heavy atom. The second-order valence-electron chi connectivity index (χ2n) is 4.45. The van der Waals surface area contributed by atoms with E-state index in [1.54, 1.807) is 25.1 Å². The lowest BCUT2D eigenvalue weighted by molar-refractivity contribution is 0.00449. The van der Waals surface area contributed by atoms with E-state index in [9.17, 15) is 8.42 Å². The highest BCUT2D eigenvalue weighted by atomic mass is 35.5. The highest BCUT2D eigenvalue weighted by Crippen LogP contribution is 2.26. The Bertz CT molecular complexity index is 562. The zero-order chi connectivity index (χ0) is 14.0. The topological polar surface area (TPSA) is 72.6 Å². The minimum absolute atomic E-state index is 0.247. The molecule has 1 aromatic rings. The van der Waals surface area contributed by atoms with Crippen molar-refractivity contribution in [1.29, 1.82) is 0 Å². The predicted molar refractivity (Wildman–Crippen MR) is 73.7 cm³/mol. The molecule has 1 aliphatic rings. The van der Waals surface area contributed by atoms with Gasteiger partial charge in [-0.25, -0.2) is 8.42 Å². The fourth-order valence-electron chi connectivity index (χ4n) is 2.06. The van der Waals surface area contributed by atoms with Gasteiger partial charge in [0.05, 0.1) is 17.6 Å². The third-order valence-electron chi connectivity index (χ3n) is 3.20.